The van der Waals surface area contributed by atoms with E-state index < -0.39 is 10.0 Å². The predicted molar refractivity (Wildman–Crippen MR) is 98.2 cm³/mol. The quantitative estimate of drug-likeness (QED) is 0.541. The van der Waals surface area contributed by atoms with Gasteiger partial charge in [-0.3, -0.25) is 0 Å². The minimum absolute atomic E-state index is 0.0986. The van der Waals surface area contributed by atoms with Crippen LogP contribution in [-0.2, 0) is 10.0 Å². The van der Waals surface area contributed by atoms with Gasteiger partial charge in [-0.15, -0.1) is 0 Å². The smallest absolute Gasteiger partial charge is 0.276 e. The molecule has 0 atom stereocenters. The maximum Gasteiger partial charge on any atom is 0.276 e. The van der Waals surface area contributed by atoms with Crippen LogP contribution in [-0.4, -0.2) is 36.0 Å². The van der Waals surface area contributed by atoms with E-state index >= 15 is 0 Å². The Morgan fingerprint density at radius 1 is 1.00 bits per heavy atom. The lowest BCUT2D eigenvalue weighted by atomic mass is 10.2. The predicted octanol–water partition coefficient (Wildman–Crippen LogP) is 2.79. The molecule has 0 bridgehead atoms. The Hall–Kier alpha value is -2.26. The zero-order valence-electron chi connectivity index (χ0n) is 13.8. The van der Waals surface area contributed by atoms with Crippen molar-refractivity contribution in [2.45, 2.75) is 4.90 Å². The molecular weight excluding hydrogens is 412 g/mol. The first-order chi connectivity index (χ1) is 11.9. The molecule has 134 valence electrons. The summed E-state index contributed by atoms with van der Waals surface area (Å²) in [6.07, 6.45) is 1.31. The molecule has 9 heteroatoms. The summed E-state index contributed by atoms with van der Waals surface area (Å²) in [5.41, 5.74) is 0.476. The Kier molecular flexibility index (Phi) is 6.27. The van der Waals surface area contributed by atoms with Gasteiger partial charge in [0.05, 0.1) is 38.0 Å². The van der Waals surface area contributed by atoms with Crippen LogP contribution in [0.15, 0.2) is 50.9 Å². The summed E-state index contributed by atoms with van der Waals surface area (Å²) in [5.74, 6) is 1.41. The van der Waals surface area contributed by atoms with Gasteiger partial charge in [0.2, 0.25) is 0 Å². The van der Waals surface area contributed by atoms with Gasteiger partial charge >= 0.3 is 0 Å². The fraction of sp³-hybridized carbons (Fsp3) is 0.188. The number of hydrogen-bond acceptors (Lipinski definition) is 6. The van der Waals surface area contributed by atoms with Gasteiger partial charge in [-0.25, -0.2) is 4.83 Å². The Balaban J connectivity index is 2.28. The summed E-state index contributed by atoms with van der Waals surface area (Å²) in [6, 6.07) is 9.49. The Morgan fingerprint density at radius 2 is 1.56 bits per heavy atom. The molecule has 0 spiro atoms. The SMILES string of the molecule is COc1cc(OC)c(/C=N\NS(=O)(=O)c2ccc(Br)cc2)c(OC)c1. The second kappa shape index (κ2) is 8.21. The van der Waals surface area contributed by atoms with E-state index in [-0.39, 0.29) is 4.90 Å². The molecule has 2 aromatic carbocycles. The molecule has 2 aromatic rings. The van der Waals surface area contributed by atoms with Crippen molar-refractivity contribution < 1.29 is 22.6 Å². The highest BCUT2D eigenvalue weighted by Crippen LogP contribution is 2.32. The van der Waals surface area contributed by atoms with Crippen LogP contribution in [0.4, 0.5) is 0 Å². The van der Waals surface area contributed by atoms with Crippen molar-refractivity contribution in [1.82, 2.24) is 4.83 Å². The summed E-state index contributed by atoms with van der Waals surface area (Å²) in [6.45, 7) is 0. The zero-order chi connectivity index (χ0) is 18.4. The molecule has 0 aromatic heterocycles. The Bertz CT molecular complexity index is 842. The van der Waals surface area contributed by atoms with E-state index in [2.05, 4.69) is 25.9 Å². The molecule has 25 heavy (non-hydrogen) atoms. The number of benzene rings is 2. The molecule has 1 N–H and O–H groups in total. The maximum atomic E-state index is 12.2. The average Bonchev–Trinajstić information content (AvgIpc) is 2.61. The number of nitrogens with one attached hydrogen (secondary N) is 1. The molecule has 0 heterocycles. The molecule has 0 aliphatic heterocycles. The van der Waals surface area contributed by atoms with Crippen LogP contribution < -0.4 is 19.0 Å². The van der Waals surface area contributed by atoms with Gasteiger partial charge < -0.3 is 14.2 Å². The van der Waals surface area contributed by atoms with Crippen molar-refractivity contribution in [1.29, 1.82) is 0 Å². The van der Waals surface area contributed by atoms with Gasteiger partial charge in [0.15, 0.2) is 0 Å². The highest BCUT2D eigenvalue weighted by atomic mass is 79.9. The minimum atomic E-state index is -3.77. The van der Waals surface area contributed by atoms with E-state index in [4.69, 9.17) is 14.2 Å². The average molecular weight is 429 g/mol. The first-order valence-corrected chi connectivity index (χ1v) is 9.29. The number of sulfonamides is 1. The van der Waals surface area contributed by atoms with Gasteiger partial charge in [-0.05, 0) is 24.3 Å². The third kappa shape index (κ3) is 4.64. The summed E-state index contributed by atoms with van der Waals surface area (Å²) < 4.78 is 40.9. The summed E-state index contributed by atoms with van der Waals surface area (Å²) >= 11 is 3.26. The molecule has 0 aliphatic rings. The third-order valence-corrected chi connectivity index (χ3v) is 5.01. The van der Waals surface area contributed by atoms with Crippen molar-refractivity contribution >= 4 is 32.2 Å². The largest absolute Gasteiger partial charge is 0.496 e. The fourth-order valence-corrected chi connectivity index (χ4v) is 3.04. The van der Waals surface area contributed by atoms with Crippen LogP contribution in [0.5, 0.6) is 17.2 Å². The number of hydrazone groups is 1. The first-order valence-electron chi connectivity index (χ1n) is 7.01. The standard InChI is InChI=1S/C16H17BrN2O5S/c1-22-12-8-15(23-2)14(16(9-12)24-3)10-18-19-25(20,21)13-6-4-11(17)5-7-13/h4-10,19H,1-3H3/b18-10-. The van der Waals surface area contributed by atoms with Gasteiger partial charge in [0.1, 0.15) is 17.2 Å². The van der Waals surface area contributed by atoms with E-state index in [1.807, 2.05) is 0 Å². The normalized spacial score (nSPS) is 11.4. The molecule has 7 nitrogen and oxygen atoms in total. The van der Waals surface area contributed by atoms with Crippen LogP contribution in [0.2, 0.25) is 0 Å². The third-order valence-electron chi connectivity index (χ3n) is 3.24. The monoisotopic (exact) mass is 428 g/mol. The minimum Gasteiger partial charge on any atom is -0.496 e. The number of rotatable bonds is 7. The van der Waals surface area contributed by atoms with Crippen LogP contribution in [0.3, 0.4) is 0 Å². The molecule has 0 saturated carbocycles. The number of hydrogen-bond donors (Lipinski definition) is 1. The lowest BCUT2D eigenvalue weighted by molar-refractivity contribution is 0.374. The summed E-state index contributed by atoms with van der Waals surface area (Å²) in [4.78, 5) is 2.26. The Morgan fingerprint density at radius 3 is 2.04 bits per heavy atom. The molecule has 0 amide bonds. The van der Waals surface area contributed by atoms with Crippen molar-refractivity contribution in [2.24, 2.45) is 5.10 Å². The van der Waals surface area contributed by atoms with E-state index in [1.54, 1.807) is 24.3 Å². The topological polar surface area (TPSA) is 86.2 Å². The molecule has 0 unspecified atom stereocenters. The van der Waals surface area contributed by atoms with Crippen LogP contribution in [0.25, 0.3) is 0 Å². The number of nitrogens with zero attached hydrogens (tertiary/aromatic N) is 1. The van der Waals surface area contributed by atoms with Crippen molar-refractivity contribution in [2.75, 3.05) is 21.3 Å². The fourth-order valence-electron chi connectivity index (χ4n) is 1.99. The molecule has 0 radical (unpaired) electrons. The maximum absolute atomic E-state index is 12.2. The van der Waals surface area contributed by atoms with E-state index in [9.17, 15) is 8.42 Å². The van der Waals surface area contributed by atoms with Gasteiger partial charge in [0, 0.05) is 16.6 Å². The number of ether oxygens (including phenoxy) is 3. The Labute approximate surface area is 154 Å². The van der Waals surface area contributed by atoms with Crippen LogP contribution in [0.1, 0.15) is 5.56 Å². The van der Waals surface area contributed by atoms with Gasteiger partial charge in [-0.2, -0.15) is 13.5 Å². The number of methoxy groups -OCH3 is 3. The van der Waals surface area contributed by atoms with Gasteiger partial charge in [-0.1, -0.05) is 15.9 Å². The van der Waals surface area contributed by atoms with Crippen molar-refractivity contribution in [3.05, 3.63) is 46.4 Å². The molecule has 0 saturated heterocycles. The second-order valence-corrected chi connectivity index (χ2v) is 7.33. The molecule has 2 rings (SSSR count). The zero-order valence-corrected chi connectivity index (χ0v) is 16.2. The lowest BCUT2D eigenvalue weighted by Crippen LogP contribution is -2.18. The summed E-state index contributed by atoms with van der Waals surface area (Å²) in [7, 11) is 0.715. The summed E-state index contributed by atoms with van der Waals surface area (Å²) in [5, 5.41) is 3.81. The van der Waals surface area contributed by atoms with Crippen molar-refractivity contribution in [3.63, 3.8) is 0 Å². The highest BCUT2D eigenvalue weighted by molar-refractivity contribution is 9.10. The molecule has 0 fully saturated rings. The van der Waals surface area contributed by atoms with E-state index in [1.165, 1.54) is 39.7 Å². The van der Waals surface area contributed by atoms with Crippen molar-refractivity contribution in [3.8, 4) is 17.2 Å². The molecule has 0 aliphatic carbocycles. The highest BCUT2D eigenvalue weighted by Gasteiger charge is 2.14. The lowest BCUT2D eigenvalue weighted by Gasteiger charge is -2.12. The van der Waals surface area contributed by atoms with E-state index in [0.29, 0.717) is 22.8 Å². The van der Waals surface area contributed by atoms with E-state index in [0.717, 1.165) is 4.47 Å². The second-order valence-electron chi connectivity index (χ2n) is 4.75. The molecular formula is C16H17BrN2O5S. The number of halogens is 1. The van der Waals surface area contributed by atoms with Crippen LogP contribution >= 0.6 is 15.9 Å². The van der Waals surface area contributed by atoms with Gasteiger partial charge in [0.25, 0.3) is 10.0 Å². The van der Waals surface area contributed by atoms with Crippen LogP contribution in [0, 0.1) is 0 Å². The first kappa shape index (κ1) is 19.1.